The molecule has 2 aliphatic rings. The van der Waals surface area contributed by atoms with Gasteiger partial charge < -0.3 is 0 Å². The van der Waals surface area contributed by atoms with Crippen LogP contribution in [0.2, 0.25) is 19.6 Å². The minimum absolute atomic E-state index is 0.0353. The van der Waals surface area contributed by atoms with E-state index in [-0.39, 0.29) is 38.3 Å². The second-order valence-electron chi connectivity index (χ2n) is 8.11. The molecular weight excluding hydrogens is 411 g/mol. The quantitative estimate of drug-likeness (QED) is 0.400. The van der Waals surface area contributed by atoms with E-state index in [2.05, 4.69) is 55.4 Å². The van der Waals surface area contributed by atoms with Gasteiger partial charge in [0.2, 0.25) is 0 Å². The van der Waals surface area contributed by atoms with Crippen molar-refractivity contribution in [3.8, 4) is 11.5 Å². The van der Waals surface area contributed by atoms with Crippen LogP contribution in [0.15, 0.2) is 30.3 Å². The van der Waals surface area contributed by atoms with Gasteiger partial charge in [0.1, 0.15) is 0 Å². The molecular formula is C20H28O4SeSi. The third-order valence-corrected chi connectivity index (χ3v) is 7.37. The summed E-state index contributed by atoms with van der Waals surface area (Å²) in [6.07, 6.45) is -0.219. The van der Waals surface area contributed by atoms with E-state index in [0.717, 1.165) is 0 Å². The molecule has 3 rings (SSSR count). The monoisotopic (exact) mass is 440 g/mol. The molecule has 26 heavy (non-hydrogen) atoms. The fourth-order valence-electron chi connectivity index (χ4n) is 3.03. The molecule has 1 aromatic carbocycles. The Labute approximate surface area is 164 Å². The Morgan fingerprint density at radius 2 is 1.81 bits per heavy atom. The van der Waals surface area contributed by atoms with E-state index in [0.29, 0.717) is 13.2 Å². The Kier molecular flexibility index (Phi) is 6.31. The minimum atomic E-state index is -1.35. The second-order valence-corrected chi connectivity index (χ2v) is 15.3. The van der Waals surface area contributed by atoms with E-state index >= 15 is 0 Å². The number of hydrogen-bond donors (Lipinski definition) is 0. The van der Waals surface area contributed by atoms with Crippen molar-refractivity contribution in [2.75, 3.05) is 13.2 Å². The molecule has 0 bridgehead atoms. The summed E-state index contributed by atoms with van der Waals surface area (Å²) in [6, 6.07) is 10.5. The summed E-state index contributed by atoms with van der Waals surface area (Å²) in [7, 11) is -1.35. The summed E-state index contributed by atoms with van der Waals surface area (Å²) in [5.41, 5.74) is 3.32. The Hall–Kier alpha value is -0.644. The fraction of sp³-hybridized carbons (Fsp3) is 0.600. The van der Waals surface area contributed by atoms with Crippen LogP contribution in [0, 0.1) is 11.5 Å². The van der Waals surface area contributed by atoms with Crippen molar-refractivity contribution in [2.45, 2.75) is 62.6 Å². The third kappa shape index (κ3) is 5.43. The maximum absolute atomic E-state index is 6.29. The van der Waals surface area contributed by atoms with Gasteiger partial charge in [-0.25, -0.2) is 0 Å². The number of benzene rings is 1. The predicted octanol–water partition coefficient (Wildman–Crippen LogP) is 2.16. The third-order valence-electron chi connectivity index (χ3n) is 4.02. The predicted molar refractivity (Wildman–Crippen MR) is 106 cm³/mol. The van der Waals surface area contributed by atoms with Gasteiger partial charge in [-0.3, -0.25) is 0 Å². The van der Waals surface area contributed by atoms with Crippen LogP contribution in [0.1, 0.15) is 13.8 Å². The van der Waals surface area contributed by atoms with E-state index in [1.54, 1.807) is 0 Å². The number of fused-ring (bicyclic) bond motifs is 1. The van der Waals surface area contributed by atoms with E-state index in [4.69, 9.17) is 18.9 Å². The van der Waals surface area contributed by atoms with Gasteiger partial charge in [0.25, 0.3) is 0 Å². The summed E-state index contributed by atoms with van der Waals surface area (Å²) in [4.78, 5) is 0. The van der Waals surface area contributed by atoms with Crippen molar-refractivity contribution < 1.29 is 18.9 Å². The average Bonchev–Trinajstić information content (AvgIpc) is 3.02. The molecule has 2 fully saturated rings. The molecule has 0 radical (unpaired) electrons. The molecule has 0 unspecified atom stereocenters. The van der Waals surface area contributed by atoms with Gasteiger partial charge >= 0.3 is 164 Å². The second kappa shape index (κ2) is 8.16. The Balaban J connectivity index is 1.60. The van der Waals surface area contributed by atoms with Crippen molar-refractivity contribution in [3.63, 3.8) is 0 Å². The molecule has 0 aliphatic carbocycles. The average molecular weight is 439 g/mol. The summed E-state index contributed by atoms with van der Waals surface area (Å²) in [5.74, 6) is 2.57. The molecule has 0 aromatic heterocycles. The molecule has 2 saturated heterocycles. The van der Waals surface area contributed by atoms with Crippen LogP contribution in [0.3, 0.4) is 0 Å². The van der Waals surface area contributed by atoms with Crippen molar-refractivity contribution in [2.24, 2.45) is 0 Å². The number of hydrogen-bond acceptors (Lipinski definition) is 4. The van der Waals surface area contributed by atoms with Gasteiger partial charge in [-0.2, -0.15) is 0 Å². The molecule has 2 heterocycles. The van der Waals surface area contributed by atoms with E-state index < -0.39 is 13.9 Å². The van der Waals surface area contributed by atoms with Crippen LogP contribution in [0.25, 0.3) is 0 Å². The van der Waals surface area contributed by atoms with Gasteiger partial charge in [0.05, 0.1) is 0 Å². The molecule has 2 aliphatic heterocycles. The van der Waals surface area contributed by atoms with Crippen molar-refractivity contribution in [3.05, 3.63) is 30.3 Å². The molecule has 4 atom stereocenters. The normalized spacial score (nSPS) is 29.9. The van der Waals surface area contributed by atoms with Crippen LogP contribution < -0.4 is 4.46 Å². The van der Waals surface area contributed by atoms with Crippen LogP contribution in [-0.2, 0) is 18.9 Å². The van der Waals surface area contributed by atoms with Crippen molar-refractivity contribution in [1.82, 2.24) is 0 Å². The summed E-state index contributed by atoms with van der Waals surface area (Å²) in [6.45, 7) is 11.6. The summed E-state index contributed by atoms with van der Waals surface area (Å²) in [5, 5.41) is 0.0401. The fourth-order valence-corrected chi connectivity index (χ4v) is 6.00. The Bertz CT molecular complexity index is 662. The zero-order valence-corrected chi connectivity index (χ0v) is 18.9. The maximum atomic E-state index is 6.29. The van der Waals surface area contributed by atoms with Gasteiger partial charge in [0.15, 0.2) is 0 Å². The first-order valence-corrected chi connectivity index (χ1v) is 14.4. The molecule has 4 nitrogen and oxygen atoms in total. The van der Waals surface area contributed by atoms with Crippen LogP contribution >= 0.6 is 0 Å². The zero-order chi connectivity index (χ0) is 18.8. The molecule has 0 amide bonds. The standard InChI is InChI=1S/C20H28O4SeSi/c1-20(2)23-17-16(14-21-12-9-13-26(3,4)5)22-19(18(17)24-20)25-15-10-7-6-8-11-15/h6-8,10-11,16-19H,12,14H2,1-5H3/t16-,17-,18-,19+/m1/s1. The molecule has 1 aromatic rings. The Morgan fingerprint density at radius 1 is 1.12 bits per heavy atom. The molecule has 6 heteroatoms. The molecule has 142 valence electrons. The van der Waals surface area contributed by atoms with Gasteiger partial charge in [-0.05, 0) is 0 Å². The van der Waals surface area contributed by atoms with Gasteiger partial charge in [-0.1, -0.05) is 0 Å². The van der Waals surface area contributed by atoms with Gasteiger partial charge in [0, 0.05) is 0 Å². The van der Waals surface area contributed by atoms with Crippen molar-refractivity contribution in [1.29, 1.82) is 0 Å². The first kappa shape index (κ1) is 20.1. The molecule has 0 spiro atoms. The zero-order valence-electron chi connectivity index (χ0n) is 16.2. The SMILES string of the molecule is CC1(C)O[C@@H]2[C@H](O1)[C@@H](COCC#C[Si](C)(C)C)O[C@H]2[Se]c1ccccc1. The number of ether oxygens (including phenoxy) is 4. The Morgan fingerprint density at radius 3 is 2.50 bits per heavy atom. The van der Waals surface area contributed by atoms with E-state index in [1.807, 2.05) is 19.9 Å². The van der Waals surface area contributed by atoms with Crippen LogP contribution in [0.5, 0.6) is 0 Å². The molecule has 0 saturated carbocycles. The van der Waals surface area contributed by atoms with E-state index in [9.17, 15) is 0 Å². The van der Waals surface area contributed by atoms with Crippen LogP contribution in [0.4, 0.5) is 0 Å². The topological polar surface area (TPSA) is 36.9 Å². The summed E-state index contributed by atoms with van der Waals surface area (Å²) < 4.78 is 25.6. The first-order valence-electron chi connectivity index (χ1n) is 9.04. The molecule has 0 N–H and O–H groups in total. The van der Waals surface area contributed by atoms with E-state index in [1.165, 1.54) is 4.46 Å². The van der Waals surface area contributed by atoms with Crippen molar-refractivity contribution >= 4 is 27.5 Å². The first-order chi connectivity index (χ1) is 12.2. The number of rotatable bonds is 5. The van der Waals surface area contributed by atoms with Crippen LogP contribution in [-0.4, -0.2) is 65.3 Å². The summed E-state index contributed by atoms with van der Waals surface area (Å²) >= 11 is 0.167. The van der Waals surface area contributed by atoms with Gasteiger partial charge in [-0.15, -0.1) is 0 Å².